The maximum absolute atomic E-state index is 12.6. The first-order valence-corrected chi connectivity index (χ1v) is 9.91. The van der Waals surface area contributed by atoms with E-state index in [-0.39, 0.29) is 11.3 Å². The molecule has 0 aliphatic carbocycles. The molecule has 7 nitrogen and oxygen atoms in total. The number of ether oxygens (including phenoxy) is 2. The van der Waals surface area contributed by atoms with E-state index in [0.29, 0.717) is 18.1 Å². The molecule has 1 aliphatic rings. The van der Waals surface area contributed by atoms with Crippen molar-refractivity contribution in [2.24, 2.45) is 5.73 Å². The Balaban J connectivity index is 1.83. The number of benzene rings is 1. The summed E-state index contributed by atoms with van der Waals surface area (Å²) in [4.78, 5) is 27.2. The number of esters is 1. The molecule has 1 aromatic heterocycles. The molecule has 1 saturated heterocycles. The van der Waals surface area contributed by atoms with Crippen LogP contribution in [0.5, 0.6) is 0 Å². The number of allylic oxidation sites excluding steroid dienone is 1. The molecule has 8 heteroatoms. The van der Waals surface area contributed by atoms with E-state index in [1.165, 1.54) is 18.3 Å². The van der Waals surface area contributed by atoms with Gasteiger partial charge in [-0.05, 0) is 18.6 Å². The number of Topliss-reactive ketones (excluding diaryl/α,β-unsaturated/α-hetero) is 1. The number of carbonyl (C=O) groups excluding carboxylic acids is 2. The summed E-state index contributed by atoms with van der Waals surface area (Å²) in [5.41, 5.74) is 7.36. The van der Waals surface area contributed by atoms with Crippen LogP contribution in [-0.4, -0.2) is 44.7 Å². The molecular weight excluding hydrogens is 390 g/mol. The van der Waals surface area contributed by atoms with Crippen LogP contribution in [0.25, 0.3) is 11.1 Å². The molecule has 0 atom stereocenters. The predicted octanol–water partition coefficient (Wildman–Crippen LogP) is 2.73. The second kappa shape index (κ2) is 9.37. The van der Waals surface area contributed by atoms with E-state index < -0.39 is 18.4 Å². The summed E-state index contributed by atoms with van der Waals surface area (Å²) in [6, 6.07) is 13.3. The summed E-state index contributed by atoms with van der Waals surface area (Å²) in [6.07, 6.45) is 0. The Bertz CT molecular complexity index is 966. The molecule has 2 aromatic rings. The zero-order chi connectivity index (χ0) is 20.8. The molecule has 0 spiro atoms. The first kappa shape index (κ1) is 20.6. The molecule has 0 radical (unpaired) electrons. The van der Waals surface area contributed by atoms with Crippen molar-refractivity contribution in [1.82, 2.24) is 0 Å². The molecule has 1 aliphatic heterocycles. The Labute approximate surface area is 172 Å². The van der Waals surface area contributed by atoms with Gasteiger partial charge in [-0.2, -0.15) is 5.26 Å². The number of nitrogens with two attached hydrogens (primary N) is 1. The van der Waals surface area contributed by atoms with E-state index in [1.54, 1.807) is 12.1 Å². The van der Waals surface area contributed by atoms with Gasteiger partial charge in [-0.1, -0.05) is 30.3 Å². The summed E-state index contributed by atoms with van der Waals surface area (Å²) in [5, 5.41) is 9.96. The maximum Gasteiger partial charge on any atom is 0.348 e. The van der Waals surface area contributed by atoms with Crippen LogP contribution in [0.4, 0.5) is 5.00 Å². The molecule has 1 fully saturated rings. The Morgan fingerprint density at radius 3 is 2.59 bits per heavy atom. The van der Waals surface area contributed by atoms with Crippen LogP contribution in [0.1, 0.15) is 16.6 Å². The average molecular weight is 411 g/mol. The molecule has 0 bridgehead atoms. The summed E-state index contributed by atoms with van der Waals surface area (Å²) >= 11 is 1.32. The normalized spacial score (nSPS) is 14.7. The van der Waals surface area contributed by atoms with Crippen molar-refractivity contribution >= 4 is 28.1 Å². The Kier molecular flexibility index (Phi) is 6.65. The van der Waals surface area contributed by atoms with Gasteiger partial charge in [0.15, 0.2) is 6.61 Å². The molecule has 150 valence electrons. The summed E-state index contributed by atoms with van der Waals surface area (Å²) in [6.45, 7) is 3.66. The minimum Gasteiger partial charge on any atom is -0.453 e. The number of rotatable bonds is 6. The van der Waals surface area contributed by atoms with Gasteiger partial charge in [0.05, 0.1) is 18.2 Å². The first-order chi connectivity index (χ1) is 14.0. The fourth-order valence-corrected chi connectivity index (χ4v) is 4.08. The maximum atomic E-state index is 12.6. The number of nitriles is 1. The van der Waals surface area contributed by atoms with Crippen LogP contribution >= 0.6 is 11.3 Å². The summed E-state index contributed by atoms with van der Waals surface area (Å²) in [5.74, 6) is -1.22. The van der Waals surface area contributed by atoms with E-state index in [0.717, 1.165) is 29.2 Å². The zero-order valence-corrected chi connectivity index (χ0v) is 16.8. The molecule has 1 aromatic carbocycles. The minimum absolute atomic E-state index is 0.102. The highest BCUT2D eigenvalue weighted by atomic mass is 32.1. The number of morpholine rings is 1. The third kappa shape index (κ3) is 4.83. The van der Waals surface area contributed by atoms with Gasteiger partial charge in [-0.15, -0.1) is 11.3 Å². The smallest absolute Gasteiger partial charge is 0.348 e. The van der Waals surface area contributed by atoms with E-state index in [1.807, 2.05) is 30.3 Å². The van der Waals surface area contributed by atoms with Crippen molar-refractivity contribution in [2.45, 2.75) is 6.92 Å². The van der Waals surface area contributed by atoms with Gasteiger partial charge in [-0.3, -0.25) is 4.79 Å². The monoisotopic (exact) mass is 411 g/mol. The van der Waals surface area contributed by atoms with E-state index in [9.17, 15) is 9.59 Å². The van der Waals surface area contributed by atoms with Gasteiger partial charge in [0, 0.05) is 24.4 Å². The number of carbonyl (C=O) groups is 2. The Morgan fingerprint density at radius 2 is 1.97 bits per heavy atom. The van der Waals surface area contributed by atoms with Crippen molar-refractivity contribution in [3.05, 3.63) is 52.5 Å². The number of hydrogen-bond donors (Lipinski definition) is 1. The summed E-state index contributed by atoms with van der Waals surface area (Å²) < 4.78 is 10.6. The van der Waals surface area contributed by atoms with Gasteiger partial charge in [0.25, 0.3) is 0 Å². The number of ketones is 1. The lowest BCUT2D eigenvalue weighted by Crippen LogP contribution is -2.35. The standard InChI is InChI=1S/C21H21N3O4S/c1-14(23)17(12-22)18(25)13-28-21(26)19-11-16(15-5-3-2-4-6-15)20(29-19)24-7-9-27-10-8-24/h2-6,11H,7-10,13,23H2,1H3/b17-14-. The van der Waals surface area contributed by atoms with Crippen LogP contribution in [0.15, 0.2) is 47.7 Å². The van der Waals surface area contributed by atoms with Gasteiger partial charge < -0.3 is 20.1 Å². The van der Waals surface area contributed by atoms with Crippen LogP contribution in [-0.2, 0) is 14.3 Å². The van der Waals surface area contributed by atoms with Crippen molar-refractivity contribution in [2.75, 3.05) is 37.8 Å². The number of hydrogen-bond acceptors (Lipinski definition) is 8. The highest BCUT2D eigenvalue weighted by Crippen LogP contribution is 2.39. The molecule has 0 amide bonds. The van der Waals surface area contributed by atoms with Crippen molar-refractivity contribution < 1.29 is 19.1 Å². The lowest BCUT2D eigenvalue weighted by atomic mass is 10.1. The highest BCUT2D eigenvalue weighted by molar-refractivity contribution is 7.18. The van der Waals surface area contributed by atoms with Gasteiger partial charge in [0.2, 0.25) is 5.78 Å². The number of anilines is 1. The molecule has 0 unspecified atom stereocenters. The minimum atomic E-state index is -0.617. The third-order valence-electron chi connectivity index (χ3n) is 4.42. The second-order valence-corrected chi connectivity index (χ2v) is 7.49. The van der Waals surface area contributed by atoms with Crippen molar-refractivity contribution in [3.63, 3.8) is 0 Å². The summed E-state index contributed by atoms with van der Waals surface area (Å²) in [7, 11) is 0. The average Bonchev–Trinajstić information content (AvgIpc) is 3.19. The van der Waals surface area contributed by atoms with Crippen molar-refractivity contribution in [1.29, 1.82) is 5.26 Å². The van der Waals surface area contributed by atoms with E-state index in [2.05, 4.69) is 4.90 Å². The lowest BCUT2D eigenvalue weighted by molar-refractivity contribution is -0.118. The zero-order valence-electron chi connectivity index (χ0n) is 16.0. The van der Waals surface area contributed by atoms with Crippen LogP contribution in [0, 0.1) is 11.3 Å². The molecule has 2 heterocycles. The topological polar surface area (TPSA) is 106 Å². The van der Waals surface area contributed by atoms with Gasteiger partial charge in [0.1, 0.15) is 16.5 Å². The van der Waals surface area contributed by atoms with Crippen LogP contribution in [0.3, 0.4) is 0 Å². The Morgan fingerprint density at radius 1 is 1.28 bits per heavy atom. The Hall–Kier alpha value is -3.15. The van der Waals surface area contributed by atoms with E-state index >= 15 is 0 Å². The SMILES string of the molecule is C/C(N)=C(\C#N)C(=O)COC(=O)c1cc(-c2ccccc2)c(N2CCOCC2)s1. The molecule has 0 saturated carbocycles. The van der Waals surface area contributed by atoms with Crippen molar-refractivity contribution in [3.8, 4) is 17.2 Å². The third-order valence-corrected chi connectivity index (χ3v) is 5.59. The second-order valence-electron chi connectivity index (χ2n) is 6.46. The largest absolute Gasteiger partial charge is 0.453 e. The fraction of sp³-hybridized carbons (Fsp3) is 0.286. The van der Waals surface area contributed by atoms with Gasteiger partial charge in [-0.25, -0.2) is 4.79 Å². The molecule has 29 heavy (non-hydrogen) atoms. The van der Waals surface area contributed by atoms with E-state index in [4.69, 9.17) is 20.5 Å². The van der Waals surface area contributed by atoms with Crippen LogP contribution < -0.4 is 10.6 Å². The van der Waals surface area contributed by atoms with Crippen LogP contribution in [0.2, 0.25) is 0 Å². The van der Waals surface area contributed by atoms with Gasteiger partial charge >= 0.3 is 5.97 Å². The molecule has 2 N–H and O–H groups in total. The number of nitrogens with zero attached hydrogens (tertiary/aromatic N) is 2. The fourth-order valence-electron chi connectivity index (χ4n) is 2.95. The first-order valence-electron chi connectivity index (χ1n) is 9.10. The quantitative estimate of drug-likeness (QED) is 0.442. The lowest BCUT2D eigenvalue weighted by Gasteiger charge is -2.28. The molecule has 3 rings (SSSR count). The number of thiophene rings is 1. The molecular formula is C21H21N3O4S. The predicted molar refractivity (Wildman–Crippen MR) is 111 cm³/mol. The highest BCUT2D eigenvalue weighted by Gasteiger charge is 2.23.